The molecule has 0 aliphatic carbocycles. The van der Waals surface area contributed by atoms with E-state index in [-0.39, 0.29) is 41.5 Å². The van der Waals surface area contributed by atoms with E-state index in [0.29, 0.717) is 0 Å². The molecule has 85 heavy (non-hydrogen) atoms. The molecule has 6 heterocycles. The van der Waals surface area contributed by atoms with E-state index in [9.17, 15) is 70.6 Å². The van der Waals surface area contributed by atoms with Gasteiger partial charge in [-0.05, 0) is 71.6 Å². The predicted molar refractivity (Wildman–Crippen MR) is 324 cm³/mol. The van der Waals surface area contributed by atoms with Crippen LogP contribution in [-0.4, -0.2) is 221 Å². The summed E-state index contributed by atoms with van der Waals surface area (Å²) in [5.41, 5.74) is 0. The number of rotatable bonds is 5. The van der Waals surface area contributed by atoms with Gasteiger partial charge in [-0.2, -0.15) is 0 Å². The van der Waals surface area contributed by atoms with Crippen LogP contribution in [0.2, 0.25) is 0 Å². The van der Waals surface area contributed by atoms with Gasteiger partial charge in [0.25, 0.3) is 0 Å². The summed E-state index contributed by atoms with van der Waals surface area (Å²) in [6, 6.07) is -1.21. The molecule has 5 fully saturated rings. The molecule has 19 atom stereocenters. The minimum absolute atomic E-state index is 0. The van der Waals surface area contributed by atoms with Crippen LogP contribution in [0.1, 0.15) is 118 Å². The number of carboxylic acids is 1. The van der Waals surface area contributed by atoms with Gasteiger partial charge in [0.2, 0.25) is 5.91 Å². The highest BCUT2D eigenvalue weighted by Gasteiger charge is 2.51. The van der Waals surface area contributed by atoms with Crippen LogP contribution >= 0.6 is 22.6 Å². The molecule has 2 bridgehead atoms. The number of amides is 1. The number of hydrogen-bond donors (Lipinski definition) is 12. The van der Waals surface area contributed by atoms with Gasteiger partial charge < -0.3 is 100 Å². The topological polar surface area (TPSA) is 382 Å². The highest BCUT2D eigenvalue weighted by atomic mass is 127. The number of halogens is 1. The van der Waals surface area contributed by atoms with Crippen molar-refractivity contribution in [3.63, 3.8) is 0 Å². The summed E-state index contributed by atoms with van der Waals surface area (Å²) in [5, 5.41) is 122. The fraction of sp³-hybridized carbons (Fsp3) is 0.721. The third-order valence-corrected chi connectivity index (χ3v) is 15.6. The number of esters is 1. The molecule has 0 aromatic heterocycles. The zero-order valence-corrected chi connectivity index (χ0v) is 51.9. The summed E-state index contributed by atoms with van der Waals surface area (Å²) in [4.78, 5) is 37.5. The van der Waals surface area contributed by atoms with Crippen LogP contribution in [0.5, 0.6) is 0 Å². The molecule has 488 valence electrons. The van der Waals surface area contributed by atoms with E-state index in [2.05, 4.69) is 5.32 Å². The molecule has 0 aromatic carbocycles. The van der Waals surface area contributed by atoms with Gasteiger partial charge in [-0.1, -0.05) is 122 Å². The number of allylic oxidation sites excluding steroid dienone is 12. The average Bonchev–Trinajstić information content (AvgIpc) is 4.21. The van der Waals surface area contributed by atoms with Crippen LogP contribution in [-0.2, 0) is 47.5 Å². The quantitative estimate of drug-likeness (QED) is 0.107. The fourth-order valence-corrected chi connectivity index (χ4v) is 10.1. The van der Waals surface area contributed by atoms with Crippen molar-refractivity contribution in [1.82, 2.24) is 5.32 Å². The van der Waals surface area contributed by atoms with Crippen molar-refractivity contribution in [2.45, 2.75) is 215 Å². The van der Waals surface area contributed by atoms with Gasteiger partial charge in [0.1, 0.15) is 24.2 Å². The lowest BCUT2D eigenvalue weighted by molar-refractivity contribution is -0.309. The van der Waals surface area contributed by atoms with Crippen molar-refractivity contribution in [2.75, 3.05) is 44.1 Å². The van der Waals surface area contributed by atoms with E-state index < -0.39 is 153 Å². The van der Waals surface area contributed by atoms with E-state index in [1.54, 1.807) is 86.8 Å². The van der Waals surface area contributed by atoms with E-state index in [0.717, 1.165) is 39.6 Å². The average molecular weight is 1330 g/mol. The molecule has 0 saturated carbocycles. The number of nitrogens with one attached hydrogen (secondary N) is 1. The Bertz CT molecular complexity index is 2020. The molecule has 6 aliphatic rings. The summed E-state index contributed by atoms with van der Waals surface area (Å²) in [6.45, 7) is 12.7. The number of carboxylic acid groups (broad SMARTS) is 1. The van der Waals surface area contributed by atoms with Crippen molar-refractivity contribution in [3.8, 4) is 0 Å². The Kier molecular flexibility index (Phi) is 39.6. The molecule has 6 rings (SSSR count). The van der Waals surface area contributed by atoms with Crippen LogP contribution in [0.25, 0.3) is 0 Å². The Morgan fingerprint density at radius 1 is 0.612 bits per heavy atom. The minimum Gasteiger partial charge on any atom is -0.481 e. The van der Waals surface area contributed by atoms with E-state index in [1.807, 2.05) is 35.6 Å². The van der Waals surface area contributed by atoms with Crippen molar-refractivity contribution in [2.24, 2.45) is 17.8 Å². The maximum atomic E-state index is 12.6. The van der Waals surface area contributed by atoms with Gasteiger partial charge in [-0.15, -0.1) is 0 Å². The van der Waals surface area contributed by atoms with E-state index >= 15 is 0 Å². The molecular formula is C61H100INO22. The monoisotopic (exact) mass is 1330 g/mol. The first kappa shape index (κ1) is 77.7. The molecule has 23 nitrogen and oxygen atoms in total. The lowest BCUT2D eigenvalue weighted by Crippen LogP contribution is -2.64. The molecule has 0 aromatic rings. The Hall–Kier alpha value is -3.36. The van der Waals surface area contributed by atoms with Crippen LogP contribution in [0.15, 0.2) is 85.1 Å². The second kappa shape index (κ2) is 43.3. The molecule has 14 N–H and O–H groups in total. The number of aliphatic carboxylic acids is 1. The first-order chi connectivity index (χ1) is 40.0. The first-order valence-electron chi connectivity index (χ1n) is 29.6. The maximum Gasteiger partial charge on any atom is 0.311 e. The predicted octanol–water partition coefficient (Wildman–Crippen LogP) is 2.87. The number of hydrogen-bond acceptors (Lipinski definition) is 20. The summed E-state index contributed by atoms with van der Waals surface area (Å²) in [5.74, 6) is -7.42. The molecule has 1 amide bonds. The van der Waals surface area contributed by atoms with Crippen LogP contribution in [0.3, 0.4) is 0 Å². The number of carbonyl (C=O) groups excluding carboxylic acids is 2. The minimum atomic E-state index is -2.36. The highest BCUT2D eigenvalue weighted by Crippen LogP contribution is 2.38. The second-order valence-corrected chi connectivity index (χ2v) is 22.9. The van der Waals surface area contributed by atoms with Crippen molar-refractivity contribution >= 4 is 40.4 Å². The number of ether oxygens (including phenoxy) is 7. The largest absolute Gasteiger partial charge is 0.481 e. The Morgan fingerprint density at radius 2 is 1.12 bits per heavy atom. The summed E-state index contributed by atoms with van der Waals surface area (Å²) in [6.07, 6.45) is 10.2. The van der Waals surface area contributed by atoms with Gasteiger partial charge in [0, 0.05) is 77.2 Å². The Labute approximate surface area is 514 Å². The number of carbonyl (C=O) groups is 3. The number of cyclic esters (lactones) is 1. The van der Waals surface area contributed by atoms with Crippen LogP contribution < -0.4 is 5.32 Å². The second-order valence-electron chi connectivity index (χ2n) is 22.2. The molecule has 0 radical (unpaired) electrons. The molecule has 0 spiro atoms. The third kappa shape index (κ3) is 31.1. The van der Waals surface area contributed by atoms with Crippen molar-refractivity contribution in [1.29, 1.82) is 0 Å². The summed E-state index contributed by atoms with van der Waals surface area (Å²) >= 11 is 1.82. The third-order valence-electron chi connectivity index (χ3n) is 14.9. The zero-order chi connectivity index (χ0) is 62.0. The SMILES string of the molecule is C1CCOC1.C1CCOC1.C1CCOC1.C[C@@H]1[C@H](O)[C@@H](C)/C=C/C=C/C=C/C=C/C=C/C=C/C=C/[C@H](O[C@@H]2O[C@H](C)[C@@H](O)[C@H](NC(=O)CI)[C@@H]2O)C[C@@H]2O[C@](O)(C[C@@H](O)C[C@@H](O)[C@H](O)CC[C@@H](O)C[C@@H](O)CC(=O)O[C@H]1C)C[C@H](O)[C@H]2C(=O)O.O. The van der Waals surface area contributed by atoms with Crippen LogP contribution in [0.4, 0.5) is 0 Å². The lowest BCUT2D eigenvalue weighted by Gasteiger charge is -2.45. The molecular weight excluding hydrogens is 1230 g/mol. The van der Waals surface area contributed by atoms with Gasteiger partial charge in [0.15, 0.2) is 12.1 Å². The maximum absolute atomic E-state index is 12.6. The summed E-state index contributed by atoms with van der Waals surface area (Å²) < 4.78 is 38.2. The number of aliphatic hydroxyl groups is 10. The van der Waals surface area contributed by atoms with E-state index in [1.165, 1.54) is 51.5 Å². The van der Waals surface area contributed by atoms with Crippen molar-refractivity contribution in [3.05, 3.63) is 85.1 Å². The lowest BCUT2D eigenvalue weighted by atomic mass is 9.82. The normalized spacial score (nSPS) is 39.5. The molecule has 5 saturated heterocycles. The number of aliphatic hydroxyl groups excluding tert-OH is 9. The standard InChI is InChI=1S/C49H74INO18.3C4H8O.H2O/c1-28-17-15-13-11-9-7-5-6-8-10-12-14-16-18-35(68-48-46(62)43(51-40(58)27-50)45(61)31(4)67-48)24-39-42(47(63)64)38(57)26-49(65,69-39)25-34(54)22-37(56)36(55)20-19-32(52)21-33(53)23-41(59)66-30(3)29(2)44(28)60;3*1-2-4-5-3-1;/h5-18,28-39,42-46,48,52-57,60-62,65H,19-27H2,1-4H3,(H,51,58)(H,63,64);3*1-4H2;1H2/b6-5+,9-7+,10-8+,13-11+,14-12+,17-15+,18-16+;;;;/t28-,29-,30-,31+,32+,33+,34-,35-,36+,37+,38-,39-,42+,43-,44+,45+,46-,48-,49+;;;;/m0..../s1. The molecule has 24 heteroatoms. The van der Waals surface area contributed by atoms with E-state index in [4.69, 9.17) is 33.2 Å². The van der Waals surface area contributed by atoms with Crippen LogP contribution in [0, 0.1) is 17.8 Å². The first-order valence-corrected chi connectivity index (χ1v) is 31.1. The van der Waals surface area contributed by atoms with Gasteiger partial charge in [0.05, 0.1) is 77.9 Å². The Balaban J connectivity index is 0.00000133. The van der Waals surface area contributed by atoms with Gasteiger partial charge in [-0.25, -0.2) is 0 Å². The smallest absolute Gasteiger partial charge is 0.311 e. The van der Waals surface area contributed by atoms with Gasteiger partial charge >= 0.3 is 11.9 Å². The van der Waals surface area contributed by atoms with Gasteiger partial charge in [-0.3, -0.25) is 14.4 Å². The fourth-order valence-electron chi connectivity index (χ4n) is 9.86. The zero-order valence-electron chi connectivity index (χ0n) is 49.7. The Morgan fingerprint density at radius 3 is 1.60 bits per heavy atom. The number of fused-ring (bicyclic) bond motifs is 2. The van der Waals surface area contributed by atoms with Crippen molar-refractivity contribution < 1.29 is 109 Å². The molecule has 6 aliphatic heterocycles. The summed E-state index contributed by atoms with van der Waals surface area (Å²) in [7, 11) is 0. The number of alkyl halides is 1. The highest BCUT2D eigenvalue weighted by molar-refractivity contribution is 14.1. The molecule has 0 unspecified atom stereocenters.